The van der Waals surface area contributed by atoms with Crippen molar-refractivity contribution in [3.8, 4) is 22.5 Å². The lowest BCUT2D eigenvalue weighted by atomic mass is 10.1. The SMILES string of the molecule is c1ccc(-c2ccc3c(n2)c2cccc4c2n3c2cccc3c5nc(-c6ccccc6)ccc5n4c32)cc1. The van der Waals surface area contributed by atoms with Crippen LogP contribution in [0.4, 0.5) is 0 Å². The molecule has 0 atom stereocenters. The summed E-state index contributed by atoms with van der Waals surface area (Å²) in [6.45, 7) is 0. The van der Waals surface area contributed by atoms with E-state index in [1.165, 1.54) is 11.0 Å². The highest BCUT2D eigenvalue weighted by molar-refractivity contribution is 6.20. The van der Waals surface area contributed by atoms with E-state index >= 15 is 0 Å². The summed E-state index contributed by atoms with van der Waals surface area (Å²) in [5.41, 5.74) is 13.2. The molecular weight excluding hydrogens is 464 g/mol. The highest BCUT2D eigenvalue weighted by Crippen LogP contribution is 2.40. The summed E-state index contributed by atoms with van der Waals surface area (Å²) >= 11 is 0. The van der Waals surface area contributed by atoms with Crippen LogP contribution in [-0.4, -0.2) is 18.8 Å². The van der Waals surface area contributed by atoms with Crippen molar-refractivity contribution in [2.45, 2.75) is 0 Å². The molecule has 0 aliphatic carbocycles. The number of hydrogen-bond acceptors (Lipinski definition) is 2. The van der Waals surface area contributed by atoms with Gasteiger partial charge >= 0.3 is 0 Å². The third-order valence-electron chi connectivity index (χ3n) is 7.84. The van der Waals surface area contributed by atoms with Gasteiger partial charge in [-0.1, -0.05) is 84.9 Å². The first-order valence-corrected chi connectivity index (χ1v) is 12.9. The first kappa shape index (κ1) is 19.9. The summed E-state index contributed by atoms with van der Waals surface area (Å²) in [6.07, 6.45) is 0. The molecular formula is C34H20N4. The van der Waals surface area contributed by atoms with E-state index in [1.54, 1.807) is 0 Å². The van der Waals surface area contributed by atoms with Gasteiger partial charge in [-0.3, -0.25) is 0 Å². The Morgan fingerprint density at radius 1 is 0.368 bits per heavy atom. The second-order valence-electron chi connectivity index (χ2n) is 9.88. The van der Waals surface area contributed by atoms with E-state index in [9.17, 15) is 0 Å². The van der Waals surface area contributed by atoms with Gasteiger partial charge in [0.1, 0.15) is 0 Å². The van der Waals surface area contributed by atoms with Crippen molar-refractivity contribution in [3.05, 3.63) is 121 Å². The van der Waals surface area contributed by atoms with Crippen LogP contribution in [0, 0.1) is 0 Å². The van der Waals surface area contributed by atoms with Crippen LogP contribution in [-0.2, 0) is 0 Å². The molecule has 4 nitrogen and oxygen atoms in total. The number of benzene rings is 4. The third kappa shape index (κ3) is 2.49. The molecule has 5 heterocycles. The van der Waals surface area contributed by atoms with Crippen molar-refractivity contribution < 1.29 is 0 Å². The van der Waals surface area contributed by atoms with Crippen molar-refractivity contribution in [2.24, 2.45) is 0 Å². The summed E-state index contributed by atoms with van der Waals surface area (Å²) in [4.78, 5) is 10.4. The molecule has 0 saturated carbocycles. The predicted molar refractivity (Wildman–Crippen MR) is 156 cm³/mol. The zero-order chi connectivity index (χ0) is 24.8. The molecule has 0 amide bonds. The maximum absolute atomic E-state index is 5.19. The van der Waals surface area contributed by atoms with Gasteiger partial charge < -0.3 is 8.80 Å². The summed E-state index contributed by atoms with van der Waals surface area (Å²) in [7, 11) is 0. The average molecular weight is 485 g/mol. The lowest BCUT2D eigenvalue weighted by Crippen LogP contribution is -1.96. The Morgan fingerprint density at radius 2 is 0.816 bits per heavy atom. The van der Waals surface area contributed by atoms with Gasteiger partial charge in [-0.2, -0.15) is 0 Å². The van der Waals surface area contributed by atoms with Gasteiger partial charge in [0.25, 0.3) is 0 Å². The van der Waals surface area contributed by atoms with E-state index in [-0.39, 0.29) is 0 Å². The Labute approximate surface area is 217 Å². The fourth-order valence-electron chi connectivity index (χ4n) is 6.22. The smallest absolute Gasteiger partial charge is 0.0971 e. The molecule has 0 radical (unpaired) electrons. The molecule has 0 aliphatic heterocycles. The van der Waals surface area contributed by atoms with Crippen LogP contribution in [0.15, 0.2) is 121 Å². The molecule has 176 valence electrons. The van der Waals surface area contributed by atoms with Crippen LogP contribution in [0.25, 0.3) is 77.4 Å². The molecule has 38 heavy (non-hydrogen) atoms. The first-order chi connectivity index (χ1) is 18.9. The Hall–Kier alpha value is -5.22. The predicted octanol–water partition coefficient (Wildman–Crippen LogP) is 8.37. The number of nitrogens with zero attached hydrogens (tertiary/aromatic N) is 4. The highest BCUT2D eigenvalue weighted by atomic mass is 15.0. The van der Waals surface area contributed by atoms with Crippen LogP contribution in [0.5, 0.6) is 0 Å². The van der Waals surface area contributed by atoms with Gasteiger partial charge in [-0.15, -0.1) is 0 Å². The van der Waals surface area contributed by atoms with Crippen molar-refractivity contribution in [2.75, 3.05) is 0 Å². The molecule has 0 unspecified atom stereocenters. The zero-order valence-corrected chi connectivity index (χ0v) is 20.3. The number of aromatic nitrogens is 4. The lowest BCUT2D eigenvalue weighted by Gasteiger charge is -2.10. The number of rotatable bonds is 2. The quantitative estimate of drug-likeness (QED) is 0.231. The van der Waals surface area contributed by atoms with E-state index < -0.39 is 0 Å². The maximum atomic E-state index is 5.19. The Kier molecular flexibility index (Phi) is 3.76. The molecule has 0 saturated heterocycles. The molecule has 0 spiro atoms. The molecule has 9 aromatic rings. The van der Waals surface area contributed by atoms with E-state index in [0.29, 0.717) is 0 Å². The van der Waals surface area contributed by atoms with Gasteiger partial charge in [0.15, 0.2) is 0 Å². The molecule has 5 aromatic heterocycles. The van der Waals surface area contributed by atoms with Crippen LogP contribution in [0.2, 0.25) is 0 Å². The van der Waals surface area contributed by atoms with Crippen molar-refractivity contribution in [3.63, 3.8) is 0 Å². The number of para-hydroxylation sites is 2. The zero-order valence-electron chi connectivity index (χ0n) is 20.3. The summed E-state index contributed by atoms with van der Waals surface area (Å²) in [5.74, 6) is 0. The second kappa shape index (κ2) is 7.17. The fourth-order valence-corrected chi connectivity index (χ4v) is 6.22. The lowest BCUT2D eigenvalue weighted by molar-refractivity contribution is 1.25. The van der Waals surface area contributed by atoms with E-state index in [0.717, 1.165) is 66.4 Å². The molecule has 0 aliphatic rings. The van der Waals surface area contributed by atoms with Crippen molar-refractivity contribution in [1.29, 1.82) is 0 Å². The topological polar surface area (TPSA) is 34.6 Å². The Morgan fingerprint density at radius 3 is 1.26 bits per heavy atom. The van der Waals surface area contributed by atoms with Gasteiger partial charge in [0, 0.05) is 21.9 Å². The summed E-state index contributed by atoms with van der Waals surface area (Å²) in [5, 5.41) is 2.32. The maximum Gasteiger partial charge on any atom is 0.0971 e. The molecule has 0 bridgehead atoms. The summed E-state index contributed by atoms with van der Waals surface area (Å²) in [6, 6.07) is 42.6. The minimum Gasteiger partial charge on any atom is -0.303 e. The highest BCUT2D eigenvalue weighted by Gasteiger charge is 2.22. The van der Waals surface area contributed by atoms with E-state index in [4.69, 9.17) is 9.97 Å². The van der Waals surface area contributed by atoms with Crippen LogP contribution >= 0.6 is 0 Å². The number of fused-ring (bicyclic) bond motifs is 8. The number of pyridine rings is 2. The van der Waals surface area contributed by atoms with Gasteiger partial charge in [0.2, 0.25) is 0 Å². The van der Waals surface area contributed by atoms with Gasteiger partial charge in [0.05, 0.1) is 55.5 Å². The Bertz CT molecular complexity index is 2160. The van der Waals surface area contributed by atoms with Crippen molar-refractivity contribution >= 4 is 54.9 Å². The van der Waals surface area contributed by atoms with Crippen LogP contribution in [0.1, 0.15) is 0 Å². The molecule has 9 rings (SSSR count). The first-order valence-electron chi connectivity index (χ1n) is 12.9. The van der Waals surface area contributed by atoms with E-state index in [2.05, 4.69) is 118 Å². The average Bonchev–Trinajstić information content (AvgIpc) is 3.51. The monoisotopic (exact) mass is 484 g/mol. The standard InChI is InChI=1S/C34H20N4/c1-3-9-21(10-4-1)25-17-19-27-31(35-25)23-13-7-15-29-33(23)37(27)30-16-8-14-24-32-28(38(29)34(24)30)20-18-26(36-32)22-11-5-2-6-12-22/h1-20H. The van der Waals surface area contributed by atoms with Gasteiger partial charge in [-0.25, -0.2) is 9.97 Å². The normalized spacial score (nSPS) is 12.2. The molecule has 4 aromatic carbocycles. The van der Waals surface area contributed by atoms with Crippen LogP contribution < -0.4 is 0 Å². The molecule has 0 N–H and O–H groups in total. The minimum atomic E-state index is 0.989. The second-order valence-corrected chi connectivity index (χ2v) is 9.88. The minimum absolute atomic E-state index is 0.989. The third-order valence-corrected chi connectivity index (χ3v) is 7.84. The van der Waals surface area contributed by atoms with E-state index in [1.807, 2.05) is 12.1 Å². The van der Waals surface area contributed by atoms with Gasteiger partial charge in [-0.05, 0) is 36.4 Å². The Balaban J connectivity index is 1.45. The van der Waals surface area contributed by atoms with Crippen molar-refractivity contribution in [1.82, 2.24) is 18.8 Å². The largest absolute Gasteiger partial charge is 0.303 e. The fraction of sp³-hybridized carbons (Fsp3) is 0. The molecule has 4 heteroatoms. The van der Waals surface area contributed by atoms with Crippen LogP contribution in [0.3, 0.4) is 0 Å². The molecule has 0 fully saturated rings. The number of hydrogen-bond donors (Lipinski definition) is 0. The summed E-state index contributed by atoms with van der Waals surface area (Å²) < 4.78 is 4.78.